The molecule has 0 amide bonds. The van der Waals surface area contributed by atoms with E-state index in [0.29, 0.717) is 10.8 Å². The zero-order chi connectivity index (χ0) is 22.4. The summed E-state index contributed by atoms with van der Waals surface area (Å²) in [4.78, 5) is 46.6. The number of halogens is 1. The van der Waals surface area contributed by atoms with Crippen molar-refractivity contribution in [2.45, 2.75) is 6.42 Å². The number of aromatic carboxylic acids is 1. The Morgan fingerprint density at radius 1 is 1.34 bits per heavy atom. The monoisotopic (exact) mass is 455 g/mol. The zero-order valence-corrected chi connectivity index (χ0v) is 17.1. The molecule has 4 aromatic rings. The highest BCUT2D eigenvalue weighted by molar-refractivity contribution is 7.12. The number of nitrogens with zero attached hydrogens (tertiary/aromatic N) is 5. The molecule has 0 radical (unpaired) electrons. The van der Waals surface area contributed by atoms with Gasteiger partial charge in [-0.25, -0.2) is 19.2 Å². The van der Waals surface area contributed by atoms with E-state index in [1.807, 2.05) is 0 Å². The lowest BCUT2D eigenvalue weighted by Crippen LogP contribution is -2.51. The molecule has 4 aromatic heterocycles. The summed E-state index contributed by atoms with van der Waals surface area (Å²) < 4.78 is 21.0. The number of hydrogen-bond donors (Lipinski definition) is 1. The topological polar surface area (TPSA) is 131 Å². The average molecular weight is 455 g/mol. The van der Waals surface area contributed by atoms with Crippen LogP contribution in [0.1, 0.15) is 16.1 Å². The van der Waals surface area contributed by atoms with E-state index in [2.05, 4.69) is 15.1 Å². The maximum absolute atomic E-state index is 14.9. The van der Waals surface area contributed by atoms with Gasteiger partial charge in [-0.05, 0) is 6.07 Å². The fourth-order valence-electron chi connectivity index (χ4n) is 3.58. The third-order valence-corrected chi connectivity index (χ3v) is 6.02. The van der Waals surface area contributed by atoms with Gasteiger partial charge in [-0.3, -0.25) is 14.2 Å². The van der Waals surface area contributed by atoms with Crippen LogP contribution in [0.25, 0.3) is 16.2 Å². The van der Waals surface area contributed by atoms with E-state index in [1.54, 1.807) is 16.3 Å². The summed E-state index contributed by atoms with van der Waals surface area (Å²) in [5, 5.41) is 15.0. The van der Waals surface area contributed by atoms with Crippen LogP contribution in [0.3, 0.4) is 0 Å². The maximum Gasteiger partial charge on any atom is 0.341 e. The van der Waals surface area contributed by atoms with Gasteiger partial charge in [0.15, 0.2) is 22.4 Å². The third kappa shape index (κ3) is 3.34. The second kappa shape index (κ2) is 7.64. The van der Waals surface area contributed by atoms with Crippen LogP contribution in [0.15, 0.2) is 45.5 Å². The third-order valence-electron chi connectivity index (χ3n) is 5.25. The number of rotatable bonds is 6. The van der Waals surface area contributed by atoms with E-state index in [-0.39, 0.29) is 48.1 Å². The highest BCUT2D eigenvalue weighted by Crippen LogP contribution is 2.29. The Hall–Kier alpha value is -3.93. The first-order valence-electron chi connectivity index (χ1n) is 9.48. The molecule has 5 rings (SSSR count). The Bertz CT molecular complexity index is 1390. The van der Waals surface area contributed by atoms with E-state index in [1.165, 1.54) is 28.4 Å². The molecule has 0 aromatic carbocycles. The van der Waals surface area contributed by atoms with Crippen LogP contribution >= 0.6 is 11.3 Å². The van der Waals surface area contributed by atoms with Crippen LogP contribution in [0.4, 0.5) is 10.2 Å². The molecule has 1 aliphatic heterocycles. The van der Waals surface area contributed by atoms with Gasteiger partial charge in [-0.1, -0.05) is 5.16 Å². The van der Waals surface area contributed by atoms with Gasteiger partial charge < -0.3 is 14.5 Å². The molecule has 5 heterocycles. The smallest absolute Gasteiger partial charge is 0.341 e. The number of ketones is 1. The van der Waals surface area contributed by atoms with Crippen LogP contribution < -0.4 is 10.3 Å². The fraction of sp³-hybridized carbons (Fsp3) is 0.200. The zero-order valence-electron chi connectivity index (χ0n) is 16.3. The predicted octanol–water partition coefficient (Wildman–Crippen LogP) is 1.92. The number of fused-ring (bicyclic) bond motifs is 1. The maximum atomic E-state index is 14.9. The van der Waals surface area contributed by atoms with Gasteiger partial charge >= 0.3 is 5.97 Å². The average Bonchev–Trinajstić information content (AvgIpc) is 3.42. The summed E-state index contributed by atoms with van der Waals surface area (Å²) in [6.07, 6.45) is 4.18. The fourth-order valence-corrected chi connectivity index (χ4v) is 4.19. The largest absolute Gasteiger partial charge is 0.477 e. The van der Waals surface area contributed by atoms with Crippen LogP contribution in [0, 0.1) is 11.7 Å². The molecule has 0 unspecified atom stereocenters. The van der Waals surface area contributed by atoms with E-state index in [9.17, 15) is 23.9 Å². The highest BCUT2D eigenvalue weighted by atomic mass is 32.1. The van der Waals surface area contributed by atoms with Crippen molar-refractivity contribution in [3.63, 3.8) is 0 Å². The van der Waals surface area contributed by atoms with Crippen molar-refractivity contribution in [2.24, 2.45) is 5.92 Å². The number of carbonyl (C=O) groups excluding carboxylic acids is 1. The quantitative estimate of drug-likeness (QED) is 0.463. The summed E-state index contributed by atoms with van der Waals surface area (Å²) in [6, 6.07) is 2.60. The standard InChI is InChI=1S/C20H14FN5O5S/c21-14-6-12-16(28)13(19(29)30)9-26(20-22-2-4-32-20)17(12)23-18(14)25-7-10(8-25)15(27)5-11-1-3-31-24-11/h1-4,6,9-10H,5,7-8H2,(H,29,30). The van der Waals surface area contributed by atoms with Gasteiger partial charge in [-0.15, -0.1) is 11.3 Å². The molecule has 0 aliphatic carbocycles. The van der Waals surface area contributed by atoms with E-state index < -0.39 is 22.8 Å². The number of aromatic nitrogens is 4. The van der Waals surface area contributed by atoms with Crippen LogP contribution in [-0.2, 0) is 11.2 Å². The van der Waals surface area contributed by atoms with Gasteiger partial charge in [0.1, 0.15) is 17.6 Å². The van der Waals surface area contributed by atoms with E-state index in [4.69, 9.17) is 4.52 Å². The Balaban J connectivity index is 1.50. The number of anilines is 1. The lowest BCUT2D eigenvalue weighted by Gasteiger charge is -2.39. The highest BCUT2D eigenvalue weighted by Gasteiger charge is 2.35. The van der Waals surface area contributed by atoms with Crippen LogP contribution in [0.2, 0.25) is 0 Å². The van der Waals surface area contributed by atoms with Crippen LogP contribution in [-0.4, -0.2) is 49.6 Å². The summed E-state index contributed by atoms with van der Waals surface area (Å²) in [5.41, 5.74) is -0.722. The number of pyridine rings is 2. The van der Waals surface area contributed by atoms with Crippen molar-refractivity contribution < 1.29 is 23.6 Å². The lowest BCUT2D eigenvalue weighted by atomic mass is 9.92. The van der Waals surface area contributed by atoms with Crippen molar-refractivity contribution in [1.82, 2.24) is 19.7 Å². The molecular weight excluding hydrogens is 441 g/mol. The van der Waals surface area contributed by atoms with Crippen molar-refractivity contribution in [1.29, 1.82) is 0 Å². The molecule has 1 aliphatic rings. The van der Waals surface area contributed by atoms with E-state index in [0.717, 1.165) is 12.3 Å². The molecular formula is C20H14FN5O5S. The second-order valence-electron chi connectivity index (χ2n) is 7.26. The van der Waals surface area contributed by atoms with Gasteiger partial charge in [0.25, 0.3) is 0 Å². The van der Waals surface area contributed by atoms with E-state index >= 15 is 0 Å². The van der Waals surface area contributed by atoms with Crippen molar-refractivity contribution in [2.75, 3.05) is 18.0 Å². The molecule has 0 saturated carbocycles. The van der Waals surface area contributed by atoms with Crippen molar-refractivity contribution in [3.05, 3.63) is 63.5 Å². The van der Waals surface area contributed by atoms with Crippen molar-refractivity contribution in [3.8, 4) is 5.13 Å². The summed E-state index contributed by atoms with van der Waals surface area (Å²) in [5.74, 6) is -2.56. The van der Waals surface area contributed by atoms with Gasteiger partial charge in [0.05, 0.1) is 23.4 Å². The minimum absolute atomic E-state index is 0.0178. The molecule has 0 bridgehead atoms. The number of carboxylic acids is 1. The Morgan fingerprint density at radius 3 is 2.81 bits per heavy atom. The Labute approximate surface area is 182 Å². The van der Waals surface area contributed by atoms with Gasteiger partial charge in [0, 0.05) is 36.9 Å². The number of hydrogen-bond acceptors (Lipinski definition) is 9. The van der Waals surface area contributed by atoms with Crippen molar-refractivity contribution >= 4 is 39.9 Å². The first kappa shape index (κ1) is 20.0. The second-order valence-corrected chi connectivity index (χ2v) is 8.14. The predicted molar refractivity (Wildman–Crippen MR) is 111 cm³/mol. The molecule has 32 heavy (non-hydrogen) atoms. The van der Waals surface area contributed by atoms with Gasteiger partial charge in [0.2, 0.25) is 5.43 Å². The molecule has 0 atom stereocenters. The molecule has 1 N–H and O–H groups in total. The molecule has 1 saturated heterocycles. The molecule has 1 fully saturated rings. The first-order valence-corrected chi connectivity index (χ1v) is 10.4. The summed E-state index contributed by atoms with van der Waals surface area (Å²) in [6.45, 7) is 0.529. The summed E-state index contributed by atoms with van der Waals surface area (Å²) in [7, 11) is 0. The number of carbonyl (C=O) groups is 2. The molecule has 162 valence electrons. The Morgan fingerprint density at radius 2 is 2.16 bits per heavy atom. The summed E-state index contributed by atoms with van der Waals surface area (Å²) >= 11 is 1.21. The number of Topliss-reactive ketones (excluding diaryl/α,β-unsaturated/α-hetero) is 1. The first-order chi connectivity index (χ1) is 15.4. The SMILES string of the molecule is O=C(O)c1cn(-c2nccs2)c2nc(N3CC(C(=O)Cc4ccon4)C3)c(F)cc2c1=O. The minimum Gasteiger partial charge on any atom is -0.477 e. The molecule has 12 heteroatoms. The van der Waals surface area contributed by atoms with Crippen LogP contribution in [0.5, 0.6) is 0 Å². The lowest BCUT2D eigenvalue weighted by molar-refractivity contribution is -0.123. The van der Waals surface area contributed by atoms with Gasteiger partial charge in [-0.2, -0.15) is 0 Å². The molecule has 0 spiro atoms. The Kier molecular flexibility index (Phi) is 4.78. The number of carboxylic acid groups (broad SMARTS) is 1. The number of thiazole rings is 1. The molecule has 10 nitrogen and oxygen atoms in total. The minimum atomic E-state index is -1.43. The normalized spacial score (nSPS) is 14.0.